The van der Waals surface area contributed by atoms with Crippen LogP contribution >= 0.6 is 0 Å². The van der Waals surface area contributed by atoms with E-state index in [2.05, 4.69) is 26.0 Å². The molecule has 31 heavy (non-hydrogen) atoms. The number of allylic oxidation sites excluding steroid dienone is 1. The van der Waals surface area contributed by atoms with Crippen molar-refractivity contribution in [2.75, 3.05) is 20.3 Å². The lowest BCUT2D eigenvalue weighted by molar-refractivity contribution is 0.292. The molecule has 5 nitrogen and oxygen atoms in total. The monoisotopic (exact) mass is 430 g/mol. The van der Waals surface area contributed by atoms with Crippen molar-refractivity contribution in [2.45, 2.75) is 78.1 Å². The van der Waals surface area contributed by atoms with Crippen LogP contribution in [0.4, 0.5) is 0 Å². The molecule has 0 amide bonds. The second-order valence-electron chi connectivity index (χ2n) is 7.75. The van der Waals surface area contributed by atoms with Gasteiger partial charge in [0.2, 0.25) is 5.75 Å². The van der Waals surface area contributed by atoms with E-state index in [1.807, 2.05) is 12.1 Å². The Kier molecular flexibility index (Phi) is 11.7. The van der Waals surface area contributed by atoms with Crippen LogP contribution in [0.25, 0.3) is 11.0 Å². The van der Waals surface area contributed by atoms with Crippen molar-refractivity contribution >= 4 is 11.0 Å². The first-order valence-corrected chi connectivity index (χ1v) is 11.8. The van der Waals surface area contributed by atoms with Gasteiger partial charge in [0.15, 0.2) is 5.75 Å². The molecular formula is C26H38O5. The predicted octanol–water partition coefficient (Wildman–Crippen LogP) is 7.06. The first kappa shape index (κ1) is 24.8. The van der Waals surface area contributed by atoms with Crippen LogP contribution < -0.4 is 19.8 Å². The van der Waals surface area contributed by atoms with E-state index >= 15 is 0 Å². The number of benzene rings is 1. The van der Waals surface area contributed by atoms with Crippen LogP contribution in [0.2, 0.25) is 0 Å². The second-order valence-corrected chi connectivity index (χ2v) is 7.75. The third-order valence-electron chi connectivity index (χ3n) is 5.20. The summed E-state index contributed by atoms with van der Waals surface area (Å²) in [6.07, 6.45) is 16.0. The van der Waals surface area contributed by atoms with E-state index in [9.17, 15) is 4.79 Å². The van der Waals surface area contributed by atoms with E-state index < -0.39 is 5.63 Å². The van der Waals surface area contributed by atoms with Crippen molar-refractivity contribution in [2.24, 2.45) is 0 Å². The van der Waals surface area contributed by atoms with Gasteiger partial charge in [-0.15, -0.1) is 0 Å². The summed E-state index contributed by atoms with van der Waals surface area (Å²) in [6.45, 7) is 5.45. The lowest BCUT2D eigenvalue weighted by Crippen LogP contribution is -2.08. The molecule has 0 bridgehead atoms. The zero-order valence-electron chi connectivity index (χ0n) is 19.4. The quantitative estimate of drug-likeness (QED) is 0.162. The standard InChI is InChI=1S/C26H38O5/c1-4-6-8-10-11-12-13-15-18-29-21-16-17-22-23(20-21)31-26(27)25(28-3)24(22)30-19-14-9-7-5-2/h7,9,16-17,20H,4-6,8,10-15,18-19H2,1-3H3/b9-7+. The van der Waals surface area contributed by atoms with Gasteiger partial charge in [-0.2, -0.15) is 0 Å². The Bertz CT molecular complexity index is 853. The molecule has 0 atom stereocenters. The van der Waals surface area contributed by atoms with Crippen molar-refractivity contribution in [1.82, 2.24) is 0 Å². The molecule has 2 aromatic rings. The molecule has 0 saturated carbocycles. The molecule has 0 aliphatic carbocycles. The Hall–Kier alpha value is -2.43. The van der Waals surface area contributed by atoms with Gasteiger partial charge in [-0.25, -0.2) is 4.79 Å². The molecule has 5 heteroatoms. The number of methoxy groups -OCH3 is 1. The SMILES string of the molecule is CC/C=C/CCOc1c(OC)c(=O)oc2cc(OCCCCCCCCCC)ccc12. The average Bonchev–Trinajstić information content (AvgIpc) is 2.77. The lowest BCUT2D eigenvalue weighted by Gasteiger charge is -2.12. The number of ether oxygens (including phenoxy) is 3. The highest BCUT2D eigenvalue weighted by molar-refractivity contribution is 5.86. The molecule has 0 spiro atoms. The Balaban J connectivity index is 1.94. The normalized spacial score (nSPS) is 11.3. The molecule has 2 rings (SSSR count). The van der Waals surface area contributed by atoms with E-state index in [0.29, 0.717) is 35.7 Å². The smallest absolute Gasteiger partial charge is 0.383 e. The topological polar surface area (TPSA) is 57.9 Å². The summed E-state index contributed by atoms with van der Waals surface area (Å²) in [7, 11) is 1.45. The van der Waals surface area contributed by atoms with Gasteiger partial charge in [0.25, 0.3) is 0 Å². The van der Waals surface area contributed by atoms with Crippen LogP contribution in [0.1, 0.15) is 78.1 Å². The lowest BCUT2D eigenvalue weighted by atomic mass is 10.1. The van der Waals surface area contributed by atoms with Crippen LogP contribution in [-0.2, 0) is 0 Å². The predicted molar refractivity (Wildman–Crippen MR) is 127 cm³/mol. The van der Waals surface area contributed by atoms with Gasteiger partial charge in [0.1, 0.15) is 11.3 Å². The highest BCUT2D eigenvalue weighted by atomic mass is 16.5. The van der Waals surface area contributed by atoms with Crippen LogP contribution in [0, 0.1) is 0 Å². The van der Waals surface area contributed by atoms with E-state index in [0.717, 1.165) is 19.3 Å². The molecule has 0 fully saturated rings. The van der Waals surface area contributed by atoms with Crippen LogP contribution in [0.5, 0.6) is 17.2 Å². The Labute approximate surface area is 186 Å². The maximum Gasteiger partial charge on any atom is 0.383 e. The number of hydrogen-bond donors (Lipinski definition) is 0. The molecule has 0 N–H and O–H groups in total. The van der Waals surface area contributed by atoms with Gasteiger partial charge in [-0.05, 0) is 31.4 Å². The minimum atomic E-state index is -0.547. The Morgan fingerprint density at radius 1 is 0.871 bits per heavy atom. The molecule has 0 radical (unpaired) electrons. The van der Waals surface area contributed by atoms with Crippen molar-refractivity contribution in [3.63, 3.8) is 0 Å². The first-order chi connectivity index (χ1) is 15.2. The van der Waals surface area contributed by atoms with Gasteiger partial charge in [-0.1, -0.05) is 70.9 Å². The van der Waals surface area contributed by atoms with Crippen LogP contribution in [0.15, 0.2) is 39.6 Å². The fraction of sp³-hybridized carbons (Fsp3) is 0.577. The summed E-state index contributed by atoms with van der Waals surface area (Å²) in [5.41, 5.74) is -0.104. The minimum Gasteiger partial charge on any atom is -0.493 e. The summed E-state index contributed by atoms with van der Waals surface area (Å²) in [6, 6.07) is 5.50. The van der Waals surface area contributed by atoms with E-state index in [-0.39, 0.29) is 5.75 Å². The Morgan fingerprint density at radius 2 is 1.61 bits per heavy atom. The highest BCUT2D eigenvalue weighted by Crippen LogP contribution is 2.34. The average molecular weight is 431 g/mol. The molecule has 1 heterocycles. The number of fused-ring (bicyclic) bond motifs is 1. The number of rotatable bonds is 16. The largest absolute Gasteiger partial charge is 0.493 e. The van der Waals surface area contributed by atoms with E-state index in [1.165, 1.54) is 52.1 Å². The third kappa shape index (κ3) is 8.31. The number of unbranched alkanes of at least 4 members (excludes halogenated alkanes) is 7. The fourth-order valence-corrected chi connectivity index (χ4v) is 3.48. The fourth-order valence-electron chi connectivity index (χ4n) is 3.48. The van der Waals surface area contributed by atoms with Crippen molar-refractivity contribution < 1.29 is 18.6 Å². The molecule has 0 saturated heterocycles. The van der Waals surface area contributed by atoms with Crippen LogP contribution in [0.3, 0.4) is 0 Å². The van der Waals surface area contributed by atoms with Gasteiger partial charge in [0, 0.05) is 6.07 Å². The molecule has 0 unspecified atom stereocenters. The van der Waals surface area contributed by atoms with Gasteiger partial charge >= 0.3 is 5.63 Å². The van der Waals surface area contributed by atoms with E-state index in [4.69, 9.17) is 18.6 Å². The van der Waals surface area contributed by atoms with Crippen LogP contribution in [-0.4, -0.2) is 20.3 Å². The minimum absolute atomic E-state index is 0.0968. The molecule has 0 aliphatic heterocycles. The zero-order chi connectivity index (χ0) is 22.3. The molecule has 0 aliphatic rings. The maximum atomic E-state index is 12.3. The zero-order valence-corrected chi connectivity index (χ0v) is 19.4. The highest BCUT2D eigenvalue weighted by Gasteiger charge is 2.17. The van der Waals surface area contributed by atoms with Gasteiger partial charge in [-0.3, -0.25) is 0 Å². The van der Waals surface area contributed by atoms with Crippen molar-refractivity contribution in [3.8, 4) is 17.2 Å². The summed E-state index contributed by atoms with van der Waals surface area (Å²) in [4.78, 5) is 12.3. The Morgan fingerprint density at radius 3 is 2.32 bits per heavy atom. The summed E-state index contributed by atoms with van der Waals surface area (Å²) >= 11 is 0. The summed E-state index contributed by atoms with van der Waals surface area (Å²) in [5, 5.41) is 0.704. The van der Waals surface area contributed by atoms with Crippen molar-refractivity contribution in [1.29, 1.82) is 0 Å². The molecule has 1 aromatic carbocycles. The van der Waals surface area contributed by atoms with Gasteiger partial charge < -0.3 is 18.6 Å². The molecular weight excluding hydrogens is 392 g/mol. The molecule has 1 aromatic heterocycles. The second kappa shape index (κ2) is 14.6. The maximum absolute atomic E-state index is 12.3. The summed E-state index contributed by atoms with van der Waals surface area (Å²) in [5.74, 6) is 1.22. The van der Waals surface area contributed by atoms with Crippen molar-refractivity contribution in [3.05, 3.63) is 40.8 Å². The third-order valence-corrected chi connectivity index (χ3v) is 5.20. The number of hydrogen-bond acceptors (Lipinski definition) is 5. The van der Waals surface area contributed by atoms with E-state index in [1.54, 1.807) is 6.07 Å². The first-order valence-electron chi connectivity index (χ1n) is 11.8. The van der Waals surface area contributed by atoms with Gasteiger partial charge in [0.05, 0.1) is 25.7 Å². The summed E-state index contributed by atoms with van der Waals surface area (Å²) < 4.78 is 22.5. The molecule has 172 valence electrons.